The van der Waals surface area contributed by atoms with Gasteiger partial charge in [0.2, 0.25) is 0 Å². The molecule has 114 valence electrons. The summed E-state index contributed by atoms with van der Waals surface area (Å²) in [6.45, 7) is 3.91. The van der Waals surface area contributed by atoms with Gasteiger partial charge in [0.25, 0.3) is 0 Å². The summed E-state index contributed by atoms with van der Waals surface area (Å²) in [6.07, 6.45) is 2.48. The summed E-state index contributed by atoms with van der Waals surface area (Å²) < 4.78 is 15.7. The summed E-state index contributed by atoms with van der Waals surface area (Å²) in [4.78, 5) is 6.74. The van der Waals surface area contributed by atoms with Crippen LogP contribution in [-0.4, -0.2) is 41.6 Å². The third kappa shape index (κ3) is 3.24. The molecule has 0 amide bonds. The van der Waals surface area contributed by atoms with E-state index >= 15 is 0 Å². The molecule has 1 unspecified atom stereocenters. The molecule has 1 fully saturated rings. The summed E-state index contributed by atoms with van der Waals surface area (Å²) in [5.74, 6) is 1.43. The largest absolute Gasteiger partial charge is 0.327 e. The van der Waals surface area contributed by atoms with Crippen LogP contribution in [0, 0.1) is 11.7 Å². The van der Waals surface area contributed by atoms with Crippen LogP contribution >= 0.6 is 0 Å². The second kappa shape index (κ2) is 6.12. The Balaban J connectivity index is 1.95. The minimum Gasteiger partial charge on any atom is -0.327 e. The Morgan fingerprint density at radius 1 is 1.43 bits per heavy atom. The Hall–Kier alpha value is -1.46. The molecular formula is C16H23FN4. The predicted molar refractivity (Wildman–Crippen MR) is 82.7 cm³/mol. The van der Waals surface area contributed by atoms with Gasteiger partial charge in [0.15, 0.2) is 0 Å². The maximum atomic E-state index is 13.4. The Kier molecular flexibility index (Phi) is 4.22. The van der Waals surface area contributed by atoms with Gasteiger partial charge in [-0.25, -0.2) is 9.37 Å². The molecule has 1 N–H and O–H groups in total. The number of nitrogens with one attached hydrogen (secondary N) is 1. The van der Waals surface area contributed by atoms with Crippen LogP contribution in [0.5, 0.6) is 0 Å². The molecule has 1 aromatic carbocycles. The summed E-state index contributed by atoms with van der Waals surface area (Å²) in [7, 11) is 4.07. The zero-order valence-corrected chi connectivity index (χ0v) is 12.8. The molecular weight excluding hydrogens is 267 g/mol. The Morgan fingerprint density at radius 3 is 3.00 bits per heavy atom. The highest BCUT2D eigenvalue weighted by Crippen LogP contribution is 2.22. The van der Waals surface area contributed by atoms with Gasteiger partial charge in [0.1, 0.15) is 11.6 Å². The highest BCUT2D eigenvalue weighted by Gasteiger charge is 2.18. The Labute approximate surface area is 125 Å². The topological polar surface area (TPSA) is 33.1 Å². The van der Waals surface area contributed by atoms with Crippen molar-refractivity contribution >= 4 is 11.0 Å². The number of benzene rings is 1. The van der Waals surface area contributed by atoms with E-state index in [1.807, 2.05) is 20.2 Å². The van der Waals surface area contributed by atoms with Gasteiger partial charge in [-0.05, 0) is 58.1 Å². The van der Waals surface area contributed by atoms with Crippen LogP contribution in [0.4, 0.5) is 4.39 Å². The second-order valence-electron chi connectivity index (χ2n) is 6.22. The van der Waals surface area contributed by atoms with Gasteiger partial charge in [-0.15, -0.1) is 0 Å². The zero-order chi connectivity index (χ0) is 14.8. The number of halogens is 1. The first-order chi connectivity index (χ1) is 10.1. The highest BCUT2D eigenvalue weighted by molar-refractivity contribution is 5.76. The minimum absolute atomic E-state index is 0.220. The van der Waals surface area contributed by atoms with E-state index in [9.17, 15) is 4.39 Å². The Bertz CT molecular complexity index is 614. The minimum atomic E-state index is -0.220. The third-order valence-electron chi connectivity index (χ3n) is 4.09. The molecule has 0 saturated carbocycles. The number of aromatic nitrogens is 2. The van der Waals surface area contributed by atoms with Crippen molar-refractivity contribution in [3.63, 3.8) is 0 Å². The first-order valence-electron chi connectivity index (χ1n) is 7.63. The molecule has 21 heavy (non-hydrogen) atoms. The van der Waals surface area contributed by atoms with Crippen LogP contribution in [0.15, 0.2) is 18.2 Å². The average Bonchev–Trinajstić information content (AvgIpc) is 2.76. The van der Waals surface area contributed by atoms with Gasteiger partial charge in [-0.3, -0.25) is 0 Å². The maximum absolute atomic E-state index is 13.4. The summed E-state index contributed by atoms with van der Waals surface area (Å²) >= 11 is 0. The lowest BCUT2D eigenvalue weighted by molar-refractivity contribution is 0.324. The molecule has 2 heterocycles. The molecule has 1 aliphatic heterocycles. The van der Waals surface area contributed by atoms with Gasteiger partial charge < -0.3 is 14.8 Å². The molecule has 1 atom stereocenters. The number of hydrogen-bond acceptors (Lipinski definition) is 3. The van der Waals surface area contributed by atoms with Crippen molar-refractivity contribution in [2.24, 2.45) is 5.92 Å². The molecule has 0 spiro atoms. The van der Waals surface area contributed by atoms with Crippen LogP contribution < -0.4 is 5.32 Å². The third-order valence-corrected chi connectivity index (χ3v) is 4.09. The van der Waals surface area contributed by atoms with E-state index in [0.29, 0.717) is 5.92 Å². The van der Waals surface area contributed by atoms with Crippen molar-refractivity contribution in [2.45, 2.75) is 25.9 Å². The normalized spacial score (nSPS) is 19.5. The number of piperidine rings is 1. The summed E-state index contributed by atoms with van der Waals surface area (Å²) in [5.41, 5.74) is 1.80. The van der Waals surface area contributed by atoms with E-state index in [0.717, 1.165) is 43.0 Å². The van der Waals surface area contributed by atoms with Gasteiger partial charge in [0, 0.05) is 12.6 Å². The van der Waals surface area contributed by atoms with E-state index in [-0.39, 0.29) is 5.82 Å². The van der Waals surface area contributed by atoms with Crippen LogP contribution in [0.25, 0.3) is 11.0 Å². The van der Waals surface area contributed by atoms with Gasteiger partial charge in [0.05, 0.1) is 17.6 Å². The molecule has 1 saturated heterocycles. The SMILES string of the molecule is CN(C)Cc1nc2cc(F)ccc2n1CC1CCCNC1. The van der Waals surface area contributed by atoms with E-state index in [1.165, 1.54) is 25.0 Å². The quantitative estimate of drug-likeness (QED) is 0.937. The number of fused-ring (bicyclic) bond motifs is 1. The van der Waals surface area contributed by atoms with Crippen LogP contribution in [0.3, 0.4) is 0 Å². The fraction of sp³-hybridized carbons (Fsp3) is 0.562. The van der Waals surface area contributed by atoms with Crippen LogP contribution in [0.1, 0.15) is 18.7 Å². The van der Waals surface area contributed by atoms with Crippen molar-refractivity contribution in [1.29, 1.82) is 0 Å². The number of rotatable bonds is 4. The first kappa shape index (κ1) is 14.5. The molecule has 0 aliphatic carbocycles. The smallest absolute Gasteiger partial charge is 0.125 e. The summed E-state index contributed by atoms with van der Waals surface area (Å²) in [6, 6.07) is 4.91. The second-order valence-corrected chi connectivity index (χ2v) is 6.22. The monoisotopic (exact) mass is 290 g/mol. The molecule has 5 heteroatoms. The lowest BCUT2D eigenvalue weighted by Gasteiger charge is -2.24. The van der Waals surface area contributed by atoms with Crippen molar-refractivity contribution in [3.8, 4) is 0 Å². The van der Waals surface area contributed by atoms with Crippen LogP contribution in [-0.2, 0) is 13.1 Å². The lowest BCUT2D eigenvalue weighted by atomic mass is 9.99. The average molecular weight is 290 g/mol. The Morgan fingerprint density at radius 2 is 2.29 bits per heavy atom. The highest BCUT2D eigenvalue weighted by atomic mass is 19.1. The number of nitrogens with zero attached hydrogens (tertiary/aromatic N) is 3. The van der Waals surface area contributed by atoms with Crippen LogP contribution in [0.2, 0.25) is 0 Å². The molecule has 4 nitrogen and oxygen atoms in total. The fourth-order valence-electron chi connectivity index (χ4n) is 3.10. The fourth-order valence-corrected chi connectivity index (χ4v) is 3.10. The number of hydrogen-bond donors (Lipinski definition) is 1. The standard InChI is InChI=1S/C16H23FN4/c1-20(2)11-16-19-14-8-13(17)5-6-15(14)21(16)10-12-4-3-7-18-9-12/h5-6,8,12,18H,3-4,7,9-11H2,1-2H3. The molecule has 1 aromatic heterocycles. The van der Waals surface area contributed by atoms with E-state index < -0.39 is 0 Å². The molecule has 0 radical (unpaired) electrons. The van der Waals surface area contributed by atoms with Crippen molar-refractivity contribution in [3.05, 3.63) is 29.8 Å². The van der Waals surface area contributed by atoms with Gasteiger partial charge in [-0.2, -0.15) is 0 Å². The molecule has 3 rings (SSSR count). The predicted octanol–water partition coefficient (Wildman–Crippen LogP) is 2.24. The summed E-state index contributed by atoms with van der Waals surface area (Å²) in [5, 5.41) is 3.46. The maximum Gasteiger partial charge on any atom is 0.125 e. The van der Waals surface area contributed by atoms with E-state index in [2.05, 4.69) is 19.8 Å². The van der Waals surface area contributed by atoms with Crippen molar-refractivity contribution in [1.82, 2.24) is 19.8 Å². The first-order valence-corrected chi connectivity index (χ1v) is 7.63. The van der Waals surface area contributed by atoms with Gasteiger partial charge >= 0.3 is 0 Å². The molecule has 1 aliphatic rings. The lowest BCUT2D eigenvalue weighted by Crippen LogP contribution is -2.32. The molecule has 0 bridgehead atoms. The van der Waals surface area contributed by atoms with E-state index in [1.54, 1.807) is 0 Å². The van der Waals surface area contributed by atoms with E-state index in [4.69, 9.17) is 0 Å². The molecule has 2 aromatic rings. The zero-order valence-electron chi connectivity index (χ0n) is 12.8. The van der Waals surface area contributed by atoms with Crippen molar-refractivity contribution < 1.29 is 4.39 Å². The van der Waals surface area contributed by atoms with Crippen molar-refractivity contribution in [2.75, 3.05) is 27.2 Å². The number of imidazole rings is 1. The van der Waals surface area contributed by atoms with Gasteiger partial charge in [-0.1, -0.05) is 0 Å².